The van der Waals surface area contributed by atoms with Gasteiger partial charge in [0.2, 0.25) is 10.0 Å². The number of nitrogens with one attached hydrogen (secondary N) is 2. The van der Waals surface area contributed by atoms with Gasteiger partial charge in [0.25, 0.3) is 0 Å². The van der Waals surface area contributed by atoms with Crippen LogP contribution in [0.25, 0.3) is 10.1 Å². The maximum absolute atomic E-state index is 12.6. The van der Waals surface area contributed by atoms with Gasteiger partial charge in [0.1, 0.15) is 18.2 Å². The summed E-state index contributed by atoms with van der Waals surface area (Å²) in [5.74, 6) is 0.589. The molecule has 0 aliphatic carbocycles. The van der Waals surface area contributed by atoms with Gasteiger partial charge in [-0.1, -0.05) is 48.5 Å². The average Bonchev–Trinajstić information content (AvgIpc) is 3.33. The Morgan fingerprint density at radius 2 is 1.79 bits per heavy atom. The minimum atomic E-state index is -3.29. The number of carbonyl (C=O) groups excluding carboxylic acids is 1. The van der Waals surface area contributed by atoms with E-state index >= 15 is 0 Å². The van der Waals surface area contributed by atoms with E-state index in [2.05, 4.69) is 5.32 Å². The van der Waals surface area contributed by atoms with Gasteiger partial charge in [-0.3, -0.25) is 10.7 Å². The summed E-state index contributed by atoms with van der Waals surface area (Å²) in [6.45, 7) is 0.178. The fourth-order valence-corrected chi connectivity index (χ4v) is 4.99. The van der Waals surface area contributed by atoms with Crippen LogP contribution in [0.2, 0.25) is 0 Å². The van der Waals surface area contributed by atoms with Gasteiger partial charge < -0.3 is 15.2 Å². The number of nitrogen functional groups attached to an aromatic ring is 1. The van der Waals surface area contributed by atoms with Crippen LogP contribution in [0.15, 0.2) is 78.9 Å². The van der Waals surface area contributed by atoms with Crippen molar-refractivity contribution in [2.45, 2.75) is 12.6 Å². The molecule has 4 N–H and O–H groups in total. The third-order valence-corrected chi connectivity index (χ3v) is 8.16. The Labute approximate surface area is 225 Å². The monoisotopic (exact) mass is 552 g/mol. The molecule has 3 aromatic carbocycles. The lowest BCUT2D eigenvalue weighted by Crippen LogP contribution is -2.24. The van der Waals surface area contributed by atoms with Crippen LogP contribution in [0.4, 0.5) is 10.5 Å². The van der Waals surface area contributed by atoms with Crippen molar-refractivity contribution in [1.82, 2.24) is 4.31 Å². The number of thiophene rings is 1. The summed E-state index contributed by atoms with van der Waals surface area (Å²) in [4.78, 5) is 13.2. The van der Waals surface area contributed by atoms with E-state index in [0.717, 1.165) is 27.5 Å². The van der Waals surface area contributed by atoms with E-state index in [-0.39, 0.29) is 19.0 Å². The van der Waals surface area contributed by atoms with Crippen molar-refractivity contribution in [3.05, 3.63) is 94.9 Å². The number of hydrogen-bond donors (Lipinski definition) is 3. The van der Waals surface area contributed by atoms with Gasteiger partial charge in [-0.2, -0.15) is 0 Å². The highest BCUT2D eigenvalue weighted by Gasteiger charge is 2.19. The van der Waals surface area contributed by atoms with Crippen LogP contribution in [-0.4, -0.2) is 44.6 Å². The van der Waals surface area contributed by atoms with E-state index in [1.54, 1.807) is 24.3 Å². The number of fused-ring (bicyclic) bond motifs is 1. The van der Waals surface area contributed by atoms with Crippen molar-refractivity contribution >= 4 is 49.1 Å². The Bertz CT molecular complexity index is 1540. The van der Waals surface area contributed by atoms with Crippen molar-refractivity contribution in [1.29, 1.82) is 5.41 Å². The normalized spacial score (nSPS) is 12.3. The molecule has 1 amide bonds. The summed E-state index contributed by atoms with van der Waals surface area (Å²) >= 11 is 1.41. The molecule has 0 radical (unpaired) electrons. The topological polar surface area (TPSA) is 135 Å². The molecule has 4 aromatic rings. The number of rotatable bonds is 10. The summed E-state index contributed by atoms with van der Waals surface area (Å²) in [6, 6.07) is 23.8. The van der Waals surface area contributed by atoms with Crippen LogP contribution in [0.5, 0.6) is 5.75 Å². The summed E-state index contributed by atoms with van der Waals surface area (Å²) in [5, 5.41) is 11.3. The predicted octanol–water partition coefficient (Wildman–Crippen LogP) is 4.95. The molecule has 0 bridgehead atoms. The number of sulfonamides is 1. The molecule has 0 spiro atoms. The molecule has 1 atom stereocenters. The van der Waals surface area contributed by atoms with Gasteiger partial charge in [0.15, 0.2) is 6.10 Å². The Morgan fingerprint density at radius 3 is 2.45 bits per heavy atom. The van der Waals surface area contributed by atoms with E-state index < -0.39 is 22.2 Å². The molecule has 0 fully saturated rings. The number of anilines is 1. The number of ether oxygens (including phenoxy) is 2. The molecule has 198 valence electrons. The van der Waals surface area contributed by atoms with Crippen LogP contribution >= 0.6 is 11.3 Å². The van der Waals surface area contributed by atoms with Gasteiger partial charge >= 0.3 is 6.09 Å². The smallest absolute Gasteiger partial charge is 0.411 e. The zero-order valence-electron chi connectivity index (χ0n) is 20.9. The quantitative estimate of drug-likeness (QED) is 0.188. The molecule has 1 unspecified atom stereocenters. The highest BCUT2D eigenvalue weighted by atomic mass is 32.2. The lowest BCUT2D eigenvalue weighted by Gasteiger charge is -2.20. The molecule has 1 heterocycles. The van der Waals surface area contributed by atoms with Crippen molar-refractivity contribution < 1.29 is 22.7 Å². The molecule has 38 heavy (non-hydrogen) atoms. The molecule has 0 saturated carbocycles. The number of benzene rings is 3. The number of carbonyl (C=O) groups is 1. The standard InChI is InChI=1S/C27H28N4O5S2/c1-31(38(2,33)34)16-18-11-13-20(14-12-18)30-27(32)35-17-23(19-7-4-3-5-8-19)36-22-9-6-10-24-21(22)15-25(37-24)26(28)29/h3-15,23H,16-17H2,1-2H3,(H3,28,29)(H,30,32). The van der Waals surface area contributed by atoms with E-state index in [4.69, 9.17) is 20.6 Å². The summed E-state index contributed by atoms with van der Waals surface area (Å²) in [5.41, 5.74) is 7.80. The van der Waals surface area contributed by atoms with Gasteiger partial charge in [-0.15, -0.1) is 11.3 Å². The zero-order valence-corrected chi connectivity index (χ0v) is 22.5. The van der Waals surface area contributed by atoms with Gasteiger partial charge in [0, 0.05) is 29.4 Å². The fraction of sp³-hybridized carbons (Fsp3) is 0.185. The molecule has 4 rings (SSSR count). The molecular weight excluding hydrogens is 524 g/mol. The SMILES string of the molecule is CN(Cc1ccc(NC(=O)OCC(Oc2cccc3sc(C(=N)N)cc23)c2ccccc2)cc1)S(C)(=O)=O. The minimum Gasteiger partial charge on any atom is -0.481 e. The molecule has 0 aliphatic rings. The molecule has 9 nitrogen and oxygen atoms in total. The first kappa shape index (κ1) is 27.1. The second kappa shape index (κ2) is 11.6. The van der Waals surface area contributed by atoms with Crippen LogP contribution in [0, 0.1) is 5.41 Å². The second-order valence-corrected chi connectivity index (χ2v) is 11.8. The van der Waals surface area contributed by atoms with E-state index in [1.165, 1.54) is 22.7 Å². The summed E-state index contributed by atoms with van der Waals surface area (Å²) in [6.07, 6.45) is -0.0829. The van der Waals surface area contributed by atoms with Crippen molar-refractivity contribution in [3.63, 3.8) is 0 Å². The van der Waals surface area contributed by atoms with Gasteiger partial charge in [0.05, 0.1) is 11.1 Å². The van der Waals surface area contributed by atoms with Crippen LogP contribution in [0.1, 0.15) is 22.1 Å². The first-order valence-electron chi connectivity index (χ1n) is 11.6. The maximum atomic E-state index is 12.6. The number of hydrogen-bond acceptors (Lipinski definition) is 7. The van der Waals surface area contributed by atoms with Crippen molar-refractivity contribution in [2.75, 3.05) is 25.2 Å². The predicted molar refractivity (Wildman–Crippen MR) is 150 cm³/mol. The number of nitrogens with two attached hydrogens (primary N) is 1. The minimum absolute atomic E-state index is 0.00721. The van der Waals surface area contributed by atoms with Crippen LogP contribution < -0.4 is 15.8 Å². The number of nitrogens with zero attached hydrogens (tertiary/aromatic N) is 1. The molecule has 1 aromatic heterocycles. The van der Waals surface area contributed by atoms with Crippen LogP contribution in [-0.2, 0) is 21.3 Å². The molecule has 0 aliphatic heterocycles. The second-order valence-electron chi connectivity index (χ2n) is 8.65. The Kier molecular flexibility index (Phi) is 8.30. The highest BCUT2D eigenvalue weighted by molar-refractivity contribution is 7.88. The molecular formula is C27H28N4O5S2. The first-order valence-corrected chi connectivity index (χ1v) is 14.3. The third kappa shape index (κ3) is 6.88. The molecule has 0 saturated heterocycles. The Balaban J connectivity index is 1.44. The lowest BCUT2D eigenvalue weighted by atomic mass is 10.1. The van der Waals surface area contributed by atoms with E-state index in [0.29, 0.717) is 16.3 Å². The first-order chi connectivity index (χ1) is 18.1. The van der Waals surface area contributed by atoms with Gasteiger partial charge in [-0.05, 0) is 41.5 Å². The highest BCUT2D eigenvalue weighted by Crippen LogP contribution is 2.35. The summed E-state index contributed by atoms with van der Waals surface area (Å²) < 4.78 is 37.2. The summed E-state index contributed by atoms with van der Waals surface area (Å²) in [7, 11) is -1.78. The number of amidine groups is 1. The fourth-order valence-electron chi connectivity index (χ4n) is 3.66. The number of amides is 1. The molecule has 11 heteroatoms. The Morgan fingerprint density at radius 1 is 1.08 bits per heavy atom. The van der Waals surface area contributed by atoms with Gasteiger partial charge in [-0.25, -0.2) is 17.5 Å². The lowest BCUT2D eigenvalue weighted by molar-refractivity contribution is 0.0910. The maximum Gasteiger partial charge on any atom is 0.411 e. The van der Waals surface area contributed by atoms with Crippen LogP contribution in [0.3, 0.4) is 0 Å². The zero-order chi connectivity index (χ0) is 27.3. The van der Waals surface area contributed by atoms with Crippen molar-refractivity contribution in [2.24, 2.45) is 5.73 Å². The van der Waals surface area contributed by atoms with E-state index in [9.17, 15) is 13.2 Å². The average molecular weight is 553 g/mol. The van der Waals surface area contributed by atoms with E-state index in [1.807, 2.05) is 54.6 Å². The Hall–Kier alpha value is -3.93. The van der Waals surface area contributed by atoms with Crippen molar-refractivity contribution in [3.8, 4) is 5.75 Å². The largest absolute Gasteiger partial charge is 0.481 e. The third-order valence-electron chi connectivity index (χ3n) is 5.77.